The molecule has 0 saturated carbocycles. The van der Waals surface area contributed by atoms with E-state index in [4.69, 9.17) is 9.47 Å². The van der Waals surface area contributed by atoms with Crippen molar-refractivity contribution >= 4 is 28.0 Å². The van der Waals surface area contributed by atoms with Gasteiger partial charge in [-0.3, -0.25) is 0 Å². The van der Waals surface area contributed by atoms with Gasteiger partial charge in [-0.1, -0.05) is 18.2 Å². The molecule has 2 aromatic carbocycles. The third kappa shape index (κ3) is 5.55. The second-order valence-electron chi connectivity index (χ2n) is 7.44. The van der Waals surface area contributed by atoms with E-state index in [2.05, 4.69) is 4.40 Å². The van der Waals surface area contributed by atoms with E-state index in [1.54, 1.807) is 44.4 Å². The fourth-order valence-electron chi connectivity index (χ4n) is 3.31. The minimum absolute atomic E-state index is 0.127. The number of carbonyl (C=O) groups is 1. The molecule has 9 heteroatoms. The quantitative estimate of drug-likeness (QED) is 0.366. The van der Waals surface area contributed by atoms with Crippen LogP contribution in [0.15, 0.2) is 51.8 Å². The van der Waals surface area contributed by atoms with E-state index in [9.17, 15) is 13.2 Å². The molecule has 2 aromatic rings. The molecule has 0 aliphatic carbocycles. The number of carbonyl (C=O) groups excluding carboxylic acids is 1. The monoisotopic (exact) mass is 445 g/mol. The first-order valence-corrected chi connectivity index (χ1v) is 11.5. The Kier molecular flexibility index (Phi) is 7.17. The fraction of sp³-hybridized carbons (Fsp3) is 0.364. The molecular weight excluding hydrogens is 418 g/mol. The summed E-state index contributed by atoms with van der Waals surface area (Å²) in [7, 11) is 0.439. The van der Waals surface area contributed by atoms with Gasteiger partial charge >= 0.3 is 5.97 Å². The lowest BCUT2D eigenvalue weighted by Gasteiger charge is -2.31. The molecule has 1 fully saturated rings. The first-order chi connectivity index (χ1) is 14.8. The lowest BCUT2D eigenvalue weighted by atomic mass is 10.1. The lowest BCUT2D eigenvalue weighted by Crippen LogP contribution is -2.30. The van der Waals surface area contributed by atoms with Crippen LogP contribution in [0.1, 0.15) is 29.6 Å². The normalized spacial score (nSPS) is 14.5. The number of ether oxygens (including phenoxy) is 2. The molecule has 0 atom stereocenters. The second kappa shape index (κ2) is 9.82. The Bertz CT molecular complexity index is 1050. The van der Waals surface area contributed by atoms with Crippen LogP contribution in [0.2, 0.25) is 0 Å². The molecule has 1 aliphatic heterocycles. The van der Waals surface area contributed by atoms with Gasteiger partial charge in [-0.05, 0) is 43.5 Å². The maximum absolute atomic E-state index is 13.2. The van der Waals surface area contributed by atoms with Gasteiger partial charge in [-0.2, -0.15) is 8.42 Å². The number of hydrogen-bond acceptors (Lipinski definition) is 6. The number of esters is 1. The van der Waals surface area contributed by atoms with Crippen LogP contribution >= 0.6 is 0 Å². The Hall–Kier alpha value is -3.07. The van der Waals surface area contributed by atoms with Crippen LogP contribution in [0.5, 0.6) is 11.5 Å². The SMILES string of the molecule is COC(=O)c1cc(N2CCCCC2)c(Oc2ccccc2)c(S(=O)(=O)N=CN(C)C)c1. The van der Waals surface area contributed by atoms with Gasteiger partial charge in [-0.15, -0.1) is 4.40 Å². The number of methoxy groups -OCH3 is 1. The smallest absolute Gasteiger partial charge is 0.337 e. The van der Waals surface area contributed by atoms with E-state index in [1.165, 1.54) is 24.4 Å². The maximum atomic E-state index is 13.2. The standard InChI is InChI=1S/C22H27N3O5S/c1-24(2)16-23-31(27,28)20-15-17(22(26)29-3)14-19(25-12-8-5-9-13-25)21(20)30-18-10-6-4-7-11-18/h4,6-7,10-11,14-16H,5,8-9,12-13H2,1-3H3. The minimum atomic E-state index is -4.16. The molecule has 0 bridgehead atoms. The van der Waals surface area contributed by atoms with Crippen molar-refractivity contribution in [1.29, 1.82) is 0 Å². The Morgan fingerprint density at radius 2 is 1.77 bits per heavy atom. The number of para-hydroxylation sites is 1. The summed E-state index contributed by atoms with van der Waals surface area (Å²) in [5.74, 6) is 0.00818. The van der Waals surface area contributed by atoms with Gasteiger partial charge in [0.05, 0.1) is 18.4 Å². The van der Waals surface area contributed by atoms with Gasteiger partial charge in [0.25, 0.3) is 10.0 Å². The molecule has 0 amide bonds. The topological polar surface area (TPSA) is 88.5 Å². The third-order valence-corrected chi connectivity index (χ3v) is 6.04. The van der Waals surface area contributed by atoms with E-state index >= 15 is 0 Å². The summed E-state index contributed by atoms with van der Waals surface area (Å²) < 4.78 is 41.1. The van der Waals surface area contributed by atoms with E-state index in [0.717, 1.165) is 32.4 Å². The van der Waals surface area contributed by atoms with Gasteiger partial charge in [0.2, 0.25) is 0 Å². The zero-order valence-electron chi connectivity index (χ0n) is 17.9. The molecule has 3 rings (SSSR count). The molecule has 31 heavy (non-hydrogen) atoms. The van der Waals surface area contributed by atoms with Crippen molar-refractivity contribution < 1.29 is 22.7 Å². The zero-order chi connectivity index (χ0) is 22.4. The van der Waals surface area contributed by atoms with Crippen molar-refractivity contribution in [2.45, 2.75) is 24.2 Å². The molecule has 0 spiro atoms. The highest BCUT2D eigenvalue weighted by Crippen LogP contribution is 2.41. The van der Waals surface area contributed by atoms with Crippen molar-refractivity contribution in [2.24, 2.45) is 4.40 Å². The van der Waals surface area contributed by atoms with Gasteiger partial charge in [-0.25, -0.2) is 4.79 Å². The third-order valence-electron chi connectivity index (χ3n) is 4.81. The summed E-state index contributed by atoms with van der Waals surface area (Å²) in [4.78, 5) is 15.7. The predicted octanol–water partition coefficient (Wildman–Crippen LogP) is 3.53. The van der Waals surface area contributed by atoms with Crippen molar-refractivity contribution in [2.75, 3.05) is 39.2 Å². The Morgan fingerprint density at radius 3 is 2.39 bits per heavy atom. The van der Waals surface area contributed by atoms with Crippen molar-refractivity contribution in [3.8, 4) is 11.5 Å². The van der Waals surface area contributed by atoms with Crippen molar-refractivity contribution in [1.82, 2.24) is 4.90 Å². The summed E-state index contributed by atoms with van der Waals surface area (Å²) in [6.07, 6.45) is 4.23. The molecule has 1 aliphatic rings. The van der Waals surface area contributed by atoms with Crippen LogP contribution in [0.3, 0.4) is 0 Å². The van der Waals surface area contributed by atoms with Gasteiger partial charge in [0, 0.05) is 27.2 Å². The van der Waals surface area contributed by atoms with Crippen molar-refractivity contribution in [3.63, 3.8) is 0 Å². The van der Waals surface area contributed by atoms with Crippen LogP contribution in [0, 0.1) is 0 Å². The predicted molar refractivity (Wildman–Crippen MR) is 120 cm³/mol. The number of rotatable bonds is 7. The summed E-state index contributed by atoms with van der Waals surface area (Å²) >= 11 is 0. The van der Waals surface area contributed by atoms with E-state index in [0.29, 0.717) is 11.4 Å². The Balaban J connectivity index is 2.24. The molecular formula is C22H27N3O5S. The summed E-state index contributed by atoms with van der Waals surface area (Å²) in [5, 5.41) is 0. The lowest BCUT2D eigenvalue weighted by molar-refractivity contribution is 0.0600. The van der Waals surface area contributed by atoms with Crippen LogP contribution < -0.4 is 9.64 Å². The van der Waals surface area contributed by atoms with Crippen LogP contribution in [0.25, 0.3) is 0 Å². The van der Waals surface area contributed by atoms with Crippen LogP contribution in [-0.2, 0) is 14.8 Å². The fourth-order valence-corrected chi connectivity index (χ4v) is 4.39. The summed E-state index contributed by atoms with van der Waals surface area (Å²) in [6.45, 7) is 1.46. The summed E-state index contributed by atoms with van der Waals surface area (Å²) in [5.41, 5.74) is 0.659. The summed E-state index contributed by atoms with van der Waals surface area (Å²) in [6, 6.07) is 11.8. The zero-order valence-corrected chi connectivity index (χ0v) is 18.8. The molecule has 8 nitrogen and oxygen atoms in total. The van der Waals surface area contributed by atoms with E-state index in [-0.39, 0.29) is 16.2 Å². The number of anilines is 1. The number of benzene rings is 2. The average Bonchev–Trinajstić information content (AvgIpc) is 2.78. The highest BCUT2D eigenvalue weighted by Gasteiger charge is 2.28. The average molecular weight is 446 g/mol. The first kappa shape index (κ1) is 22.6. The Morgan fingerprint density at radius 1 is 1.10 bits per heavy atom. The van der Waals surface area contributed by atoms with E-state index in [1.807, 2.05) is 11.0 Å². The van der Waals surface area contributed by atoms with Crippen LogP contribution in [0.4, 0.5) is 5.69 Å². The highest BCUT2D eigenvalue weighted by atomic mass is 32.2. The molecule has 0 N–H and O–H groups in total. The molecule has 0 aromatic heterocycles. The largest absolute Gasteiger partial charge is 0.465 e. The molecule has 1 heterocycles. The minimum Gasteiger partial charge on any atom is -0.465 e. The highest BCUT2D eigenvalue weighted by molar-refractivity contribution is 7.90. The van der Waals surface area contributed by atoms with Gasteiger partial charge < -0.3 is 19.3 Å². The number of nitrogens with zero attached hydrogens (tertiary/aromatic N) is 3. The number of piperidine rings is 1. The van der Waals surface area contributed by atoms with Gasteiger partial charge in [0.15, 0.2) is 5.75 Å². The number of sulfonamides is 1. The number of hydrogen-bond donors (Lipinski definition) is 0. The van der Waals surface area contributed by atoms with Gasteiger partial charge in [0.1, 0.15) is 17.0 Å². The molecule has 1 saturated heterocycles. The first-order valence-electron chi connectivity index (χ1n) is 10.0. The van der Waals surface area contributed by atoms with Crippen molar-refractivity contribution in [3.05, 3.63) is 48.0 Å². The Labute approximate surface area is 183 Å². The second-order valence-corrected chi connectivity index (χ2v) is 9.04. The molecule has 0 unspecified atom stereocenters. The molecule has 166 valence electrons. The van der Waals surface area contributed by atoms with Crippen LogP contribution in [-0.4, -0.2) is 59.9 Å². The molecule has 0 radical (unpaired) electrons. The maximum Gasteiger partial charge on any atom is 0.337 e. The van der Waals surface area contributed by atoms with E-state index < -0.39 is 16.0 Å².